The van der Waals surface area contributed by atoms with Crippen LogP contribution in [0.3, 0.4) is 0 Å². The van der Waals surface area contributed by atoms with Gasteiger partial charge in [0.05, 0.1) is 27.6 Å². The van der Waals surface area contributed by atoms with Gasteiger partial charge in [0, 0.05) is 54.9 Å². The summed E-state index contributed by atoms with van der Waals surface area (Å²) in [6.45, 7) is 0.167. The molecule has 3 nitrogen and oxygen atoms in total. The van der Waals surface area contributed by atoms with E-state index in [1.165, 1.54) is 98.9 Å². The van der Waals surface area contributed by atoms with Crippen molar-refractivity contribution in [3.05, 3.63) is 146 Å². The van der Waals surface area contributed by atoms with E-state index in [0.717, 1.165) is 0 Å². The number of nitrogens with zero attached hydrogens (tertiary/aromatic N) is 3. The molecule has 0 bridgehead atoms. The highest BCUT2D eigenvalue weighted by Gasteiger charge is 2.40. The van der Waals surface area contributed by atoms with E-state index in [1.54, 1.807) is 0 Å². The van der Waals surface area contributed by atoms with Crippen LogP contribution >= 0.6 is 0 Å². The first kappa shape index (κ1) is 23.4. The molecule has 0 saturated carbocycles. The van der Waals surface area contributed by atoms with E-state index < -0.39 is 0 Å². The van der Waals surface area contributed by atoms with Crippen LogP contribution in [0.5, 0.6) is 0 Å². The smallest absolute Gasteiger partial charge is 0.252 e. The maximum atomic E-state index is 2.57. The molecule has 2 aliphatic heterocycles. The quantitative estimate of drug-likeness (QED) is 0.174. The third kappa shape index (κ3) is 2.58. The lowest BCUT2D eigenvalue weighted by molar-refractivity contribution is 1.15. The standard InChI is InChI=1S/C42H24BN3/c1-2-11-25(12-3-1)44-34-18-7-5-14-27(34)30-23-31-29-21-22-37-40-42(29)46(39(31)24-38(30)44)36-20-9-6-16-32(36)43(40)33-17-10-15-28-26-13-4-8-19-35(26)45(37)41(28)33/h1-24H. The maximum absolute atomic E-state index is 2.57. The van der Waals surface area contributed by atoms with Crippen LogP contribution in [0.4, 0.5) is 0 Å². The summed E-state index contributed by atoms with van der Waals surface area (Å²) >= 11 is 0. The molecule has 2 aliphatic rings. The van der Waals surface area contributed by atoms with Crippen molar-refractivity contribution in [2.75, 3.05) is 0 Å². The molecule has 0 N–H and O–H groups in total. The molecule has 210 valence electrons. The summed E-state index contributed by atoms with van der Waals surface area (Å²) < 4.78 is 7.54. The topological polar surface area (TPSA) is 14.8 Å². The average Bonchev–Trinajstić information content (AvgIpc) is 3.75. The van der Waals surface area contributed by atoms with Crippen LogP contribution < -0.4 is 16.4 Å². The average molecular weight is 581 g/mol. The molecular weight excluding hydrogens is 557 g/mol. The zero-order valence-corrected chi connectivity index (χ0v) is 24.8. The van der Waals surface area contributed by atoms with Gasteiger partial charge in [-0.3, -0.25) is 0 Å². The van der Waals surface area contributed by atoms with Crippen molar-refractivity contribution >= 4 is 88.5 Å². The highest BCUT2D eigenvalue weighted by atomic mass is 15.0. The van der Waals surface area contributed by atoms with Gasteiger partial charge in [-0.25, -0.2) is 0 Å². The summed E-state index contributed by atoms with van der Waals surface area (Å²) in [5.41, 5.74) is 15.6. The third-order valence-corrected chi connectivity index (χ3v) is 10.8. The molecule has 5 heterocycles. The number of aromatic nitrogens is 3. The molecule has 0 spiro atoms. The van der Waals surface area contributed by atoms with Crippen LogP contribution in [0.2, 0.25) is 0 Å². The second-order valence-corrected chi connectivity index (χ2v) is 12.9. The molecule has 0 saturated heterocycles. The number of benzene rings is 7. The van der Waals surface area contributed by atoms with Crippen molar-refractivity contribution in [1.29, 1.82) is 0 Å². The molecule has 0 amide bonds. The molecule has 12 rings (SSSR count). The Balaban J connectivity index is 1.31. The van der Waals surface area contributed by atoms with E-state index >= 15 is 0 Å². The van der Waals surface area contributed by atoms with Crippen molar-refractivity contribution in [3.63, 3.8) is 0 Å². The number of hydrogen-bond acceptors (Lipinski definition) is 0. The van der Waals surface area contributed by atoms with E-state index in [4.69, 9.17) is 0 Å². The normalized spacial score (nSPS) is 13.2. The Morgan fingerprint density at radius 3 is 1.83 bits per heavy atom. The largest absolute Gasteiger partial charge is 0.310 e. The fourth-order valence-corrected chi connectivity index (χ4v) is 9.11. The molecule has 7 aromatic carbocycles. The highest BCUT2D eigenvalue weighted by molar-refractivity contribution is 7.00. The fourth-order valence-electron chi connectivity index (χ4n) is 9.11. The summed E-state index contributed by atoms with van der Waals surface area (Å²) in [5.74, 6) is 0. The van der Waals surface area contributed by atoms with E-state index in [2.05, 4.69) is 159 Å². The molecule has 0 fully saturated rings. The summed E-state index contributed by atoms with van der Waals surface area (Å²) in [6.07, 6.45) is 0. The Hall–Kier alpha value is -6.00. The van der Waals surface area contributed by atoms with Gasteiger partial charge in [0.15, 0.2) is 0 Å². The van der Waals surface area contributed by atoms with Crippen molar-refractivity contribution in [3.8, 4) is 17.1 Å². The SMILES string of the molecule is c1ccc(-n2c3ccccc3c3cc4c5ccc6c7c5n(c4cc32)-c2ccccc2B7c2cccc3c4ccccc4n-6c23)cc1. The maximum Gasteiger partial charge on any atom is 0.252 e. The summed E-state index contributed by atoms with van der Waals surface area (Å²) in [5, 5.41) is 7.84. The summed E-state index contributed by atoms with van der Waals surface area (Å²) in [6, 6.07) is 54.2. The van der Waals surface area contributed by atoms with E-state index in [0.29, 0.717) is 0 Å². The van der Waals surface area contributed by atoms with Crippen LogP contribution in [0.15, 0.2) is 146 Å². The Kier molecular flexibility index (Phi) is 4.06. The second kappa shape index (κ2) is 7.98. The van der Waals surface area contributed by atoms with Crippen molar-refractivity contribution in [2.45, 2.75) is 0 Å². The van der Waals surface area contributed by atoms with E-state index in [1.807, 2.05) is 0 Å². The number of rotatable bonds is 1. The predicted molar refractivity (Wildman–Crippen MR) is 194 cm³/mol. The van der Waals surface area contributed by atoms with Gasteiger partial charge in [-0.15, -0.1) is 0 Å². The molecule has 3 aromatic heterocycles. The van der Waals surface area contributed by atoms with Crippen molar-refractivity contribution < 1.29 is 0 Å². The zero-order valence-electron chi connectivity index (χ0n) is 24.8. The first-order valence-electron chi connectivity index (χ1n) is 16.1. The molecule has 4 heteroatoms. The molecule has 46 heavy (non-hydrogen) atoms. The van der Waals surface area contributed by atoms with E-state index in [-0.39, 0.29) is 6.71 Å². The van der Waals surface area contributed by atoms with Gasteiger partial charge in [-0.05, 0) is 64.9 Å². The lowest BCUT2D eigenvalue weighted by Gasteiger charge is -2.33. The zero-order chi connectivity index (χ0) is 29.7. The highest BCUT2D eigenvalue weighted by Crippen LogP contribution is 2.42. The van der Waals surface area contributed by atoms with Gasteiger partial charge >= 0.3 is 0 Å². The minimum Gasteiger partial charge on any atom is -0.310 e. The van der Waals surface area contributed by atoms with Crippen molar-refractivity contribution in [1.82, 2.24) is 13.7 Å². The van der Waals surface area contributed by atoms with Gasteiger partial charge in [0.25, 0.3) is 6.71 Å². The third-order valence-electron chi connectivity index (χ3n) is 10.8. The Morgan fingerprint density at radius 2 is 0.957 bits per heavy atom. The number of hydrogen-bond donors (Lipinski definition) is 0. The van der Waals surface area contributed by atoms with Crippen LogP contribution in [-0.4, -0.2) is 20.4 Å². The second-order valence-electron chi connectivity index (χ2n) is 12.9. The summed E-state index contributed by atoms with van der Waals surface area (Å²) in [4.78, 5) is 0. The van der Waals surface area contributed by atoms with Crippen molar-refractivity contribution in [2.24, 2.45) is 0 Å². The lowest BCUT2D eigenvalue weighted by Crippen LogP contribution is -2.59. The molecule has 10 aromatic rings. The monoisotopic (exact) mass is 581 g/mol. The van der Waals surface area contributed by atoms with Gasteiger partial charge in [-0.2, -0.15) is 0 Å². The molecule has 0 atom stereocenters. The molecular formula is C42H24BN3. The summed E-state index contributed by atoms with van der Waals surface area (Å²) in [7, 11) is 0. The minimum absolute atomic E-state index is 0.167. The van der Waals surface area contributed by atoms with Gasteiger partial charge in [0.1, 0.15) is 0 Å². The molecule has 0 unspecified atom stereocenters. The van der Waals surface area contributed by atoms with Gasteiger partial charge in [0.2, 0.25) is 0 Å². The van der Waals surface area contributed by atoms with Gasteiger partial charge < -0.3 is 13.7 Å². The fraction of sp³-hybridized carbons (Fsp3) is 0. The van der Waals surface area contributed by atoms with Gasteiger partial charge in [-0.1, -0.05) is 97.1 Å². The Bertz CT molecular complexity index is 2980. The van der Waals surface area contributed by atoms with Crippen LogP contribution in [-0.2, 0) is 0 Å². The predicted octanol–water partition coefficient (Wildman–Crippen LogP) is 8.12. The Labute approximate surface area is 264 Å². The first-order valence-corrected chi connectivity index (χ1v) is 16.1. The van der Waals surface area contributed by atoms with Crippen LogP contribution in [0, 0.1) is 0 Å². The van der Waals surface area contributed by atoms with Crippen LogP contribution in [0.1, 0.15) is 0 Å². The van der Waals surface area contributed by atoms with Crippen LogP contribution in [0.25, 0.3) is 82.5 Å². The Morgan fingerprint density at radius 1 is 0.348 bits per heavy atom. The first-order chi connectivity index (χ1) is 22.9. The number of fused-ring (bicyclic) bond motifs is 14. The van der Waals surface area contributed by atoms with E-state index in [9.17, 15) is 0 Å². The number of para-hydroxylation sites is 5. The lowest BCUT2D eigenvalue weighted by atomic mass is 9.34. The molecule has 0 radical (unpaired) electrons. The minimum atomic E-state index is 0.167. The molecule has 0 aliphatic carbocycles.